The van der Waals surface area contributed by atoms with Crippen LogP contribution >= 0.6 is 0 Å². The summed E-state index contributed by atoms with van der Waals surface area (Å²) in [6.45, 7) is 2.10. The number of nitrogens with one attached hydrogen (secondary N) is 1. The first-order valence-electron chi connectivity index (χ1n) is 8.83. The average Bonchev–Trinajstić information content (AvgIpc) is 3.08. The van der Waals surface area contributed by atoms with Crippen LogP contribution in [0.4, 0.5) is 0 Å². The number of hydrogen-bond donors (Lipinski definition) is 2. The largest absolute Gasteiger partial charge is 0.507 e. The summed E-state index contributed by atoms with van der Waals surface area (Å²) >= 11 is 0. The standard InChI is InChI=1S/C20H21N5O/c26-20-11-17(25-9-8-22-14-25)3-4-18(20)19-13-23-16(12-24-19)10-15-2-1-6-21-7-5-15/h3-4,8-14,21,26H,1-2,5-7H2. The van der Waals surface area contributed by atoms with Gasteiger partial charge in [0, 0.05) is 24.0 Å². The van der Waals surface area contributed by atoms with Gasteiger partial charge in [-0.05, 0) is 50.6 Å². The van der Waals surface area contributed by atoms with Gasteiger partial charge in [-0.2, -0.15) is 0 Å². The number of aromatic nitrogens is 4. The molecule has 1 aromatic carbocycles. The van der Waals surface area contributed by atoms with Crippen molar-refractivity contribution in [3.05, 3.63) is 60.6 Å². The van der Waals surface area contributed by atoms with E-state index in [-0.39, 0.29) is 5.75 Å². The van der Waals surface area contributed by atoms with Crippen LogP contribution in [0, 0.1) is 0 Å². The first kappa shape index (κ1) is 16.5. The van der Waals surface area contributed by atoms with Crippen LogP contribution in [0.5, 0.6) is 5.75 Å². The zero-order valence-corrected chi connectivity index (χ0v) is 14.5. The van der Waals surface area contributed by atoms with Gasteiger partial charge < -0.3 is 15.0 Å². The van der Waals surface area contributed by atoms with Crippen LogP contribution in [-0.2, 0) is 0 Å². The molecule has 0 atom stereocenters. The van der Waals surface area contributed by atoms with E-state index in [0.29, 0.717) is 11.3 Å². The molecule has 6 heteroatoms. The highest BCUT2D eigenvalue weighted by Crippen LogP contribution is 2.29. The highest BCUT2D eigenvalue weighted by atomic mass is 16.3. The Bertz CT molecular complexity index is 890. The van der Waals surface area contributed by atoms with Gasteiger partial charge in [-0.25, -0.2) is 4.98 Å². The SMILES string of the molecule is Oc1cc(-n2ccnc2)ccc1-c1cnc(C=C2CCCNCC2)cn1. The molecule has 1 saturated heterocycles. The predicted molar refractivity (Wildman–Crippen MR) is 101 cm³/mol. The Hall–Kier alpha value is -2.99. The second-order valence-corrected chi connectivity index (χ2v) is 6.40. The van der Waals surface area contributed by atoms with Gasteiger partial charge in [0.25, 0.3) is 0 Å². The molecule has 4 rings (SSSR count). The molecule has 6 nitrogen and oxygen atoms in total. The molecule has 0 spiro atoms. The summed E-state index contributed by atoms with van der Waals surface area (Å²) in [5.74, 6) is 0.173. The van der Waals surface area contributed by atoms with E-state index in [0.717, 1.165) is 43.7 Å². The third-order valence-electron chi connectivity index (χ3n) is 4.56. The van der Waals surface area contributed by atoms with Crippen LogP contribution in [0.25, 0.3) is 23.0 Å². The number of hydrogen-bond acceptors (Lipinski definition) is 5. The van der Waals surface area contributed by atoms with Gasteiger partial charge in [-0.3, -0.25) is 9.97 Å². The molecule has 26 heavy (non-hydrogen) atoms. The molecular formula is C20H21N5O. The fourth-order valence-corrected chi connectivity index (χ4v) is 3.15. The molecule has 0 amide bonds. The van der Waals surface area contributed by atoms with Gasteiger partial charge in [-0.1, -0.05) is 5.57 Å². The lowest BCUT2D eigenvalue weighted by Crippen LogP contribution is -2.13. The van der Waals surface area contributed by atoms with Gasteiger partial charge in [0.15, 0.2) is 0 Å². The molecule has 2 N–H and O–H groups in total. The van der Waals surface area contributed by atoms with E-state index in [4.69, 9.17) is 0 Å². The molecule has 3 aromatic rings. The predicted octanol–water partition coefficient (Wildman–Crippen LogP) is 3.19. The lowest BCUT2D eigenvalue weighted by molar-refractivity contribution is 0.477. The summed E-state index contributed by atoms with van der Waals surface area (Å²) in [5, 5.41) is 13.8. The molecule has 0 bridgehead atoms. The summed E-state index contributed by atoms with van der Waals surface area (Å²) in [4.78, 5) is 13.0. The summed E-state index contributed by atoms with van der Waals surface area (Å²) in [5.41, 5.74) is 4.44. The third-order valence-corrected chi connectivity index (χ3v) is 4.56. The Kier molecular flexibility index (Phi) is 4.75. The first-order valence-corrected chi connectivity index (χ1v) is 8.83. The summed E-state index contributed by atoms with van der Waals surface area (Å²) in [6.07, 6.45) is 14.2. The lowest BCUT2D eigenvalue weighted by Gasteiger charge is -2.08. The second-order valence-electron chi connectivity index (χ2n) is 6.40. The van der Waals surface area contributed by atoms with E-state index in [9.17, 15) is 5.11 Å². The molecular weight excluding hydrogens is 326 g/mol. The number of nitrogens with zero attached hydrogens (tertiary/aromatic N) is 4. The summed E-state index contributed by atoms with van der Waals surface area (Å²) < 4.78 is 1.84. The maximum Gasteiger partial charge on any atom is 0.127 e. The van der Waals surface area contributed by atoms with Crippen molar-refractivity contribution in [2.45, 2.75) is 19.3 Å². The number of imidazole rings is 1. The minimum atomic E-state index is 0.173. The van der Waals surface area contributed by atoms with Crippen molar-refractivity contribution >= 4 is 6.08 Å². The number of phenolic OH excluding ortho intramolecular Hbond substituents is 1. The van der Waals surface area contributed by atoms with E-state index in [1.807, 2.05) is 22.9 Å². The van der Waals surface area contributed by atoms with Crippen LogP contribution in [0.2, 0.25) is 0 Å². The highest BCUT2D eigenvalue weighted by Gasteiger charge is 2.09. The average molecular weight is 347 g/mol. The smallest absolute Gasteiger partial charge is 0.127 e. The van der Waals surface area contributed by atoms with E-state index >= 15 is 0 Å². The van der Waals surface area contributed by atoms with Gasteiger partial charge in [0.2, 0.25) is 0 Å². The Morgan fingerprint density at radius 3 is 2.85 bits per heavy atom. The van der Waals surface area contributed by atoms with Crippen molar-refractivity contribution < 1.29 is 5.11 Å². The van der Waals surface area contributed by atoms with E-state index < -0.39 is 0 Å². The maximum atomic E-state index is 10.4. The minimum absolute atomic E-state index is 0.173. The topological polar surface area (TPSA) is 75.9 Å². The monoisotopic (exact) mass is 347 g/mol. The van der Waals surface area contributed by atoms with E-state index in [2.05, 4.69) is 26.3 Å². The van der Waals surface area contributed by atoms with Gasteiger partial charge in [0.1, 0.15) is 5.75 Å². The molecule has 0 aliphatic carbocycles. The third kappa shape index (κ3) is 3.65. The van der Waals surface area contributed by atoms with E-state index in [1.165, 1.54) is 5.57 Å². The molecule has 0 unspecified atom stereocenters. The minimum Gasteiger partial charge on any atom is -0.507 e. The fraction of sp³-hybridized carbons (Fsp3) is 0.250. The number of aromatic hydroxyl groups is 1. The molecule has 1 aliphatic rings. The second kappa shape index (κ2) is 7.49. The molecule has 0 radical (unpaired) electrons. The first-order chi connectivity index (χ1) is 12.8. The Morgan fingerprint density at radius 2 is 2.08 bits per heavy atom. The van der Waals surface area contributed by atoms with Gasteiger partial charge in [-0.15, -0.1) is 0 Å². The van der Waals surface area contributed by atoms with Crippen molar-refractivity contribution in [2.24, 2.45) is 0 Å². The zero-order chi connectivity index (χ0) is 17.8. The van der Waals surface area contributed by atoms with Crippen molar-refractivity contribution in [3.63, 3.8) is 0 Å². The van der Waals surface area contributed by atoms with Crippen LogP contribution in [-0.4, -0.2) is 37.7 Å². The van der Waals surface area contributed by atoms with E-state index in [1.54, 1.807) is 31.0 Å². The van der Waals surface area contributed by atoms with Crippen molar-refractivity contribution in [2.75, 3.05) is 13.1 Å². The number of rotatable bonds is 3. The van der Waals surface area contributed by atoms with Crippen molar-refractivity contribution in [1.29, 1.82) is 0 Å². The zero-order valence-electron chi connectivity index (χ0n) is 14.5. The van der Waals surface area contributed by atoms with Gasteiger partial charge >= 0.3 is 0 Å². The number of phenols is 1. The van der Waals surface area contributed by atoms with Crippen molar-refractivity contribution in [1.82, 2.24) is 24.8 Å². The molecule has 1 aliphatic heterocycles. The Morgan fingerprint density at radius 1 is 1.12 bits per heavy atom. The molecule has 0 saturated carbocycles. The number of benzene rings is 1. The Labute approximate surface area is 152 Å². The van der Waals surface area contributed by atoms with Crippen LogP contribution < -0.4 is 5.32 Å². The fourth-order valence-electron chi connectivity index (χ4n) is 3.15. The molecule has 1 fully saturated rings. The summed E-state index contributed by atoms with van der Waals surface area (Å²) in [7, 11) is 0. The Balaban J connectivity index is 1.56. The lowest BCUT2D eigenvalue weighted by atomic mass is 10.1. The molecule has 132 valence electrons. The summed E-state index contributed by atoms with van der Waals surface area (Å²) in [6, 6.07) is 5.48. The quantitative estimate of drug-likeness (QED) is 0.761. The van der Waals surface area contributed by atoms with Crippen LogP contribution in [0.15, 0.2) is 54.9 Å². The maximum absolute atomic E-state index is 10.4. The van der Waals surface area contributed by atoms with Crippen molar-refractivity contribution in [3.8, 4) is 22.7 Å². The highest BCUT2D eigenvalue weighted by molar-refractivity contribution is 5.68. The normalized spacial score (nSPS) is 16.5. The van der Waals surface area contributed by atoms with Crippen LogP contribution in [0.1, 0.15) is 25.0 Å². The molecule has 3 heterocycles. The van der Waals surface area contributed by atoms with Crippen LogP contribution in [0.3, 0.4) is 0 Å². The van der Waals surface area contributed by atoms with Gasteiger partial charge in [0.05, 0.1) is 35.8 Å². The molecule has 2 aromatic heterocycles.